The quantitative estimate of drug-likeness (QED) is 0.0787. The highest BCUT2D eigenvalue weighted by Crippen LogP contribution is 2.45. The molecular formula is C48H56N7O7S+. The van der Waals surface area contributed by atoms with Crippen LogP contribution in [-0.2, 0) is 14.8 Å². The predicted octanol–water partition coefficient (Wildman–Crippen LogP) is 8.78. The van der Waals surface area contributed by atoms with Gasteiger partial charge in [0.1, 0.15) is 22.8 Å². The number of ether oxygens (including phenoxy) is 2. The molecule has 1 saturated carbocycles. The summed E-state index contributed by atoms with van der Waals surface area (Å²) in [6.45, 7) is 10.7. The summed E-state index contributed by atoms with van der Waals surface area (Å²) in [5.41, 5.74) is 7.58. The van der Waals surface area contributed by atoms with E-state index in [0.29, 0.717) is 37.1 Å². The first kappa shape index (κ1) is 42.5. The van der Waals surface area contributed by atoms with Gasteiger partial charge in [0.2, 0.25) is 0 Å². The van der Waals surface area contributed by atoms with Gasteiger partial charge in [0, 0.05) is 81.9 Å². The normalized spacial score (nSPS) is 18.7. The minimum atomic E-state index is -4.52. The second-order valence-electron chi connectivity index (χ2n) is 18.3. The number of hydrogen-bond acceptors (Lipinski definition) is 10. The van der Waals surface area contributed by atoms with E-state index < -0.39 is 15.9 Å². The third kappa shape index (κ3) is 9.90. The smallest absolute Gasteiger partial charge is 0.340 e. The summed E-state index contributed by atoms with van der Waals surface area (Å²) in [7, 11) is -4.52. The van der Waals surface area contributed by atoms with Crippen molar-refractivity contribution >= 4 is 49.6 Å². The minimum Gasteiger partial charge on any atom is -0.455 e. The molecule has 5 aromatic rings. The third-order valence-corrected chi connectivity index (χ3v) is 14.4. The number of allylic oxidation sites excluding steroid dienone is 1. The Morgan fingerprint density at radius 1 is 0.984 bits per heavy atom. The molecule has 9 rings (SSSR count). The zero-order valence-electron chi connectivity index (χ0n) is 35.9. The predicted molar refractivity (Wildman–Crippen MR) is 242 cm³/mol. The molecule has 4 aliphatic rings. The number of H-pyrrole nitrogens is 1. The van der Waals surface area contributed by atoms with Gasteiger partial charge in [0.15, 0.2) is 0 Å². The average molecular weight is 875 g/mol. The van der Waals surface area contributed by atoms with Gasteiger partial charge in [-0.3, -0.25) is 9.69 Å². The van der Waals surface area contributed by atoms with Crippen molar-refractivity contribution in [2.75, 3.05) is 62.7 Å². The lowest BCUT2D eigenvalue weighted by atomic mass is 9.72. The standard InChI is InChI=1S/C48H55N7O7S/c1-48(2)17-13-37(42(28-48)35-7-5-34(6-8-35)33-3-4-33)31-53-19-21-54(22-20-53)38-9-11-41(45(26-38)62-39-25-36-14-18-49-46(36)51-30-39)47(56)52-63(59,60)40-10-12-43(44(27-40)55(57)58)50-29-32-15-23-61-24-16-32/h5-12,14,18,25-27,30,32-33,50H,3-4,13,15-17,19-24,28-29,31H2,1-2H3,(H2-,49,51,52,56,57,58)/p+1. The molecule has 0 unspecified atom stereocenters. The van der Waals surface area contributed by atoms with Crippen LogP contribution in [0, 0.1) is 16.2 Å². The number of pyridine rings is 1. The van der Waals surface area contributed by atoms with Gasteiger partial charge in [-0.1, -0.05) is 43.7 Å². The lowest BCUT2D eigenvalue weighted by Crippen LogP contribution is -2.47. The fourth-order valence-corrected chi connectivity index (χ4v) is 10.1. The van der Waals surface area contributed by atoms with Crippen molar-refractivity contribution in [3.05, 3.63) is 112 Å². The SMILES string of the molecule is CC1(C)CCC(CN2CCN(c3ccc(C(=O)NS(=O)(=O)c4ccc(NCC5CCOCC5)c([N+](=O)O)c4)c(Oc4cnc5[nH]ccc5c4)c3)CC2)=C(c2ccc(C3CC3)cc2)C1. The Labute approximate surface area is 368 Å². The van der Waals surface area contributed by atoms with Crippen molar-refractivity contribution < 1.29 is 32.8 Å². The number of nitrogens with zero attached hydrogens (tertiary/aromatic N) is 4. The largest absolute Gasteiger partial charge is 0.455 e. The summed E-state index contributed by atoms with van der Waals surface area (Å²) in [6.07, 6.45) is 10.9. The van der Waals surface area contributed by atoms with E-state index in [4.69, 9.17) is 9.47 Å². The van der Waals surface area contributed by atoms with Gasteiger partial charge in [0.25, 0.3) is 20.9 Å². The third-order valence-electron chi connectivity index (χ3n) is 13.1. The monoisotopic (exact) mass is 874 g/mol. The highest BCUT2D eigenvalue weighted by Gasteiger charge is 2.32. The summed E-state index contributed by atoms with van der Waals surface area (Å²) in [4.78, 5) is 37.7. The van der Waals surface area contributed by atoms with E-state index in [2.05, 4.69) is 67.9 Å². The zero-order valence-corrected chi connectivity index (χ0v) is 36.8. The van der Waals surface area contributed by atoms with Gasteiger partial charge in [0.05, 0.1) is 21.6 Å². The summed E-state index contributed by atoms with van der Waals surface area (Å²) < 4.78 is 41.4. The molecule has 2 aromatic heterocycles. The van der Waals surface area contributed by atoms with Crippen LogP contribution in [0.5, 0.6) is 11.5 Å². The van der Waals surface area contributed by atoms with Crippen LogP contribution in [0.4, 0.5) is 17.1 Å². The Kier molecular flexibility index (Phi) is 12.0. The van der Waals surface area contributed by atoms with Gasteiger partial charge in [-0.2, -0.15) is 0 Å². The number of amides is 1. The molecule has 1 amide bonds. The van der Waals surface area contributed by atoms with E-state index in [0.717, 1.165) is 81.5 Å². The van der Waals surface area contributed by atoms with Gasteiger partial charge < -0.3 is 24.7 Å². The first-order valence-electron chi connectivity index (χ1n) is 22.1. The van der Waals surface area contributed by atoms with Crippen molar-refractivity contribution in [3.8, 4) is 11.5 Å². The van der Waals surface area contributed by atoms with Crippen molar-refractivity contribution in [3.63, 3.8) is 0 Å². The highest BCUT2D eigenvalue weighted by atomic mass is 32.2. The molecule has 4 N–H and O–H groups in total. The van der Waals surface area contributed by atoms with Crippen LogP contribution in [0.25, 0.3) is 16.6 Å². The number of carbonyl (C=O) groups excluding carboxylic acids is 1. The Morgan fingerprint density at radius 3 is 2.51 bits per heavy atom. The van der Waals surface area contributed by atoms with Crippen molar-refractivity contribution in [1.82, 2.24) is 19.6 Å². The molecule has 3 aromatic carbocycles. The van der Waals surface area contributed by atoms with Gasteiger partial charge in [-0.25, -0.2) is 23.3 Å². The van der Waals surface area contributed by atoms with Crippen LogP contribution in [0.1, 0.15) is 86.2 Å². The van der Waals surface area contributed by atoms with Crippen LogP contribution in [0.2, 0.25) is 0 Å². The maximum atomic E-state index is 14.0. The fourth-order valence-electron chi connectivity index (χ4n) is 9.13. The number of anilines is 2. The number of benzene rings is 3. The molecule has 0 radical (unpaired) electrons. The number of carbonyl (C=O) groups is 1. The van der Waals surface area contributed by atoms with E-state index in [1.807, 2.05) is 12.1 Å². The highest BCUT2D eigenvalue weighted by molar-refractivity contribution is 7.90. The lowest BCUT2D eigenvalue weighted by molar-refractivity contribution is -0.729. The summed E-state index contributed by atoms with van der Waals surface area (Å²) in [5.74, 6) is 0.636. The van der Waals surface area contributed by atoms with Crippen LogP contribution >= 0.6 is 0 Å². The molecule has 15 heteroatoms. The van der Waals surface area contributed by atoms with E-state index >= 15 is 0 Å². The summed E-state index contributed by atoms with van der Waals surface area (Å²) in [5, 5.41) is 13.9. The number of hydrogen-bond donors (Lipinski definition) is 4. The molecule has 0 atom stereocenters. The Bertz CT molecular complexity index is 2640. The number of nitrogens with one attached hydrogen (secondary N) is 3. The van der Waals surface area contributed by atoms with Crippen LogP contribution in [0.15, 0.2) is 95.7 Å². The minimum absolute atomic E-state index is 0.0115. The first-order valence-corrected chi connectivity index (χ1v) is 23.6. The molecule has 0 spiro atoms. The van der Waals surface area contributed by atoms with Gasteiger partial charge in [-0.05, 0) is 115 Å². The molecule has 2 aliphatic heterocycles. The Hall–Kier alpha value is -5.77. The first-order chi connectivity index (χ1) is 30.4. The summed E-state index contributed by atoms with van der Waals surface area (Å²) >= 11 is 0. The molecule has 330 valence electrons. The Morgan fingerprint density at radius 2 is 1.76 bits per heavy atom. The number of fused-ring (bicyclic) bond motifs is 1. The average Bonchev–Trinajstić information content (AvgIpc) is 4.03. The van der Waals surface area contributed by atoms with Crippen LogP contribution in [0.3, 0.4) is 0 Å². The topological polar surface area (TPSA) is 169 Å². The number of rotatable bonds is 14. The van der Waals surface area contributed by atoms with Crippen LogP contribution < -0.4 is 19.7 Å². The van der Waals surface area contributed by atoms with Crippen molar-refractivity contribution in [2.45, 2.75) is 69.6 Å². The van der Waals surface area contributed by atoms with E-state index in [-0.39, 0.29) is 37.9 Å². The van der Waals surface area contributed by atoms with E-state index in [1.165, 1.54) is 53.7 Å². The number of piperazine rings is 1. The van der Waals surface area contributed by atoms with E-state index in [9.17, 15) is 23.3 Å². The number of aromatic amines is 1. The maximum absolute atomic E-state index is 14.0. The number of sulfonamides is 1. The molecule has 2 aliphatic carbocycles. The molecule has 3 fully saturated rings. The Balaban J connectivity index is 0.921. The van der Waals surface area contributed by atoms with Crippen LogP contribution in [-0.4, -0.2) is 91.8 Å². The molecule has 63 heavy (non-hydrogen) atoms. The van der Waals surface area contributed by atoms with Crippen molar-refractivity contribution in [1.29, 1.82) is 0 Å². The van der Waals surface area contributed by atoms with Crippen molar-refractivity contribution in [2.24, 2.45) is 11.3 Å². The zero-order chi connectivity index (χ0) is 43.7. The molecule has 14 nitrogen and oxygen atoms in total. The molecule has 0 bridgehead atoms. The second-order valence-corrected chi connectivity index (χ2v) is 20.0. The van der Waals surface area contributed by atoms with Gasteiger partial charge in [-0.15, -0.1) is 0 Å². The molecule has 2 saturated heterocycles. The fraction of sp³-hybridized carbons (Fsp3) is 0.417. The maximum Gasteiger partial charge on any atom is 0.340 e. The lowest BCUT2D eigenvalue weighted by Gasteiger charge is -2.39. The van der Waals surface area contributed by atoms with Gasteiger partial charge >= 0.3 is 5.69 Å². The summed E-state index contributed by atoms with van der Waals surface area (Å²) in [6, 6.07) is 21.9. The molecular weight excluding hydrogens is 819 g/mol. The van der Waals surface area contributed by atoms with E-state index in [1.54, 1.807) is 30.6 Å². The molecule has 4 heterocycles. The number of aromatic nitrogens is 2. The second kappa shape index (κ2) is 17.8.